The fraction of sp³-hybridized carbons (Fsp3) is 0.167. The minimum absolute atomic E-state index is 0. The molecule has 0 bridgehead atoms. The van der Waals surface area contributed by atoms with Gasteiger partial charge in [-0.3, -0.25) is 0 Å². The SMILES string of the molecule is Cc1cc[nH]c1C.[CH3-].[CH3-].[Ru+3].[Ru].[c-]1ccc[nH]1. The molecule has 0 fully saturated rings. The van der Waals surface area contributed by atoms with Gasteiger partial charge in [-0.05, 0) is 25.5 Å². The van der Waals surface area contributed by atoms with E-state index in [0.29, 0.717) is 0 Å². The quantitative estimate of drug-likeness (QED) is 0.508. The molecule has 0 saturated carbocycles. The minimum atomic E-state index is 0. The van der Waals surface area contributed by atoms with Gasteiger partial charge in [0.25, 0.3) is 0 Å². The van der Waals surface area contributed by atoms with Crippen molar-refractivity contribution >= 4 is 0 Å². The van der Waals surface area contributed by atoms with Crippen molar-refractivity contribution < 1.29 is 39.0 Å². The van der Waals surface area contributed by atoms with E-state index in [0.717, 1.165) is 0 Å². The number of aromatic nitrogens is 2. The van der Waals surface area contributed by atoms with Crippen molar-refractivity contribution in [3.63, 3.8) is 0 Å². The molecule has 4 heteroatoms. The third kappa shape index (κ3) is 10.3. The standard InChI is InChI=1S/C6H9N.C4H4N.2CH3.2Ru/c1-5-3-4-7-6(5)2;1-2-4-5-3-1;;;;/h3-4,7H,1-2H3;1-3,5H;2*1H3;;/q;3*-1;;+3. The average molecular weight is 393 g/mol. The first-order valence-electron chi connectivity index (χ1n) is 3.90. The van der Waals surface area contributed by atoms with Crippen LogP contribution in [0.15, 0.2) is 30.6 Å². The molecule has 93 valence electrons. The molecule has 2 rings (SSSR count). The van der Waals surface area contributed by atoms with E-state index < -0.39 is 0 Å². The number of aryl methyl sites for hydroxylation is 2. The van der Waals surface area contributed by atoms with E-state index in [9.17, 15) is 0 Å². The molecular weight excluding hydrogens is 374 g/mol. The molecule has 2 heterocycles. The summed E-state index contributed by atoms with van der Waals surface area (Å²) in [7, 11) is 0. The summed E-state index contributed by atoms with van der Waals surface area (Å²) in [6.07, 6.45) is 6.50. The zero-order valence-electron chi connectivity index (χ0n) is 10.1. The molecule has 0 atom stereocenters. The summed E-state index contributed by atoms with van der Waals surface area (Å²) in [6.45, 7) is 4.15. The second-order valence-corrected chi connectivity index (χ2v) is 2.60. The molecule has 0 amide bonds. The van der Waals surface area contributed by atoms with E-state index in [4.69, 9.17) is 0 Å². The van der Waals surface area contributed by atoms with Crippen LogP contribution in [0.25, 0.3) is 0 Å². The summed E-state index contributed by atoms with van der Waals surface area (Å²) < 4.78 is 0. The summed E-state index contributed by atoms with van der Waals surface area (Å²) in [5.74, 6) is 0. The molecule has 2 N–H and O–H groups in total. The van der Waals surface area contributed by atoms with Crippen LogP contribution < -0.4 is 0 Å². The molecule has 16 heavy (non-hydrogen) atoms. The van der Waals surface area contributed by atoms with Crippen LogP contribution >= 0.6 is 0 Å². The number of hydrogen-bond acceptors (Lipinski definition) is 0. The summed E-state index contributed by atoms with van der Waals surface area (Å²) in [5, 5.41) is 0. The van der Waals surface area contributed by atoms with Crippen LogP contribution in [-0.4, -0.2) is 9.97 Å². The first kappa shape index (κ1) is 24.9. The number of aromatic amines is 2. The molecule has 2 nitrogen and oxygen atoms in total. The largest absolute Gasteiger partial charge is 3.00 e. The Morgan fingerprint density at radius 3 is 1.88 bits per heavy atom. The molecule has 0 aliphatic heterocycles. The number of rotatable bonds is 0. The van der Waals surface area contributed by atoms with Crippen molar-refractivity contribution in [2.75, 3.05) is 0 Å². The zero-order chi connectivity index (χ0) is 8.81. The predicted octanol–water partition coefficient (Wildman–Crippen LogP) is 3.34. The molecule has 2 aromatic heterocycles. The molecule has 0 aliphatic rings. The normalized spacial score (nSPS) is 6.62. The predicted molar refractivity (Wildman–Crippen MR) is 62.7 cm³/mol. The Kier molecular flexibility index (Phi) is 23.0. The maximum absolute atomic E-state index is 3.07. The molecule has 0 aromatic carbocycles. The van der Waals surface area contributed by atoms with Crippen molar-refractivity contribution in [1.29, 1.82) is 0 Å². The zero-order valence-corrected chi connectivity index (χ0v) is 13.6. The van der Waals surface area contributed by atoms with Gasteiger partial charge in [0, 0.05) is 31.4 Å². The number of nitrogens with one attached hydrogen (secondary N) is 2. The third-order valence-corrected chi connectivity index (χ3v) is 1.67. The molecule has 0 unspecified atom stereocenters. The van der Waals surface area contributed by atoms with Crippen LogP contribution in [0.2, 0.25) is 0 Å². The van der Waals surface area contributed by atoms with E-state index in [1.165, 1.54) is 11.3 Å². The van der Waals surface area contributed by atoms with Crippen molar-refractivity contribution in [2.45, 2.75) is 13.8 Å². The van der Waals surface area contributed by atoms with Gasteiger partial charge in [-0.25, -0.2) is 0 Å². The van der Waals surface area contributed by atoms with Crippen LogP contribution in [0.4, 0.5) is 0 Å². The van der Waals surface area contributed by atoms with Crippen molar-refractivity contribution in [3.05, 3.63) is 62.9 Å². The molecule has 0 spiro atoms. The molecule has 1 radical (unpaired) electrons. The monoisotopic (exact) mass is 395 g/mol. The van der Waals surface area contributed by atoms with Crippen LogP contribution in [0, 0.1) is 34.9 Å². The summed E-state index contributed by atoms with van der Waals surface area (Å²) >= 11 is 0. The van der Waals surface area contributed by atoms with E-state index in [1.54, 1.807) is 0 Å². The Balaban J connectivity index is -0.0000000739. The number of hydrogen-bond donors (Lipinski definition) is 2. The third-order valence-electron chi connectivity index (χ3n) is 1.67. The molecule has 2 aromatic rings. The molecular formula is C12H19N2Ru2. The van der Waals surface area contributed by atoms with Crippen molar-refractivity contribution in [2.24, 2.45) is 0 Å². The van der Waals surface area contributed by atoms with Crippen molar-refractivity contribution in [3.8, 4) is 0 Å². The van der Waals surface area contributed by atoms with Crippen LogP contribution in [0.5, 0.6) is 0 Å². The Morgan fingerprint density at radius 1 is 1.12 bits per heavy atom. The van der Waals surface area contributed by atoms with Gasteiger partial charge in [-0.15, -0.1) is 6.20 Å². The van der Waals surface area contributed by atoms with E-state index in [-0.39, 0.29) is 53.8 Å². The Hall–Kier alpha value is -0.193. The Morgan fingerprint density at radius 2 is 1.75 bits per heavy atom. The summed E-state index contributed by atoms with van der Waals surface area (Å²) in [5.41, 5.74) is 2.60. The number of H-pyrrole nitrogens is 2. The Labute approximate surface area is 125 Å². The van der Waals surface area contributed by atoms with Gasteiger partial charge in [-0.2, -0.15) is 18.3 Å². The van der Waals surface area contributed by atoms with E-state index >= 15 is 0 Å². The first-order valence-corrected chi connectivity index (χ1v) is 3.90. The van der Waals surface area contributed by atoms with Crippen LogP contribution in [-0.2, 0) is 39.0 Å². The molecule has 0 saturated heterocycles. The maximum Gasteiger partial charge on any atom is 3.00 e. The van der Waals surface area contributed by atoms with Crippen molar-refractivity contribution in [1.82, 2.24) is 9.97 Å². The van der Waals surface area contributed by atoms with E-state index in [2.05, 4.69) is 36.1 Å². The first-order chi connectivity index (χ1) is 5.80. The Bertz CT molecular complexity index is 269. The van der Waals surface area contributed by atoms with Gasteiger partial charge in [0.15, 0.2) is 0 Å². The fourth-order valence-corrected chi connectivity index (χ4v) is 0.771. The second-order valence-electron chi connectivity index (χ2n) is 2.60. The van der Waals surface area contributed by atoms with Crippen LogP contribution in [0.1, 0.15) is 11.3 Å². The second kappa shape index (κ2) is 14.8. The van der Waals surface area contributed by atoms with Gasteiger partial charge in [-0.1, -0.05) is 0 Å². The van der Waals surface area contributed by atoms with Gasteiger partial charge in [0.2, 0.25) is 0 Å². The topological polar surface area (TPSA) is 31.6 Å². The smallest absolute Gasteiger partial charge is 0.484 e. The van der Waals surface area contributed by atoms with Gasteiger partial charge < -0.3 is 24.8 Å². The van der Waals surface area contributed by atoms with Gasteiger partial charge in [0.05, 0.1) is 0 Å². The summed E-state index contributed by atoms with van der Waals surface area (Å²) in [6, 6.07) is 5.77. The van der Waals surface area contributed by atoms with Crippen LogP contribution in [0.3, 0.4) is 0 Å². The van der Waals surface area contributed by atoms with Gasteiger partial charge in [0.1, 0.15) is 0 Å². The molecule has 0 aliphatic carbocycles. The summed E-state index contributed by atoms with van der Waals surface area (Å²) in [4.78, 5) is 5.80. The maximum atomic E-state index is 3.07. The average Bonchev–Trinajstić information content (AvgIpc) is 2.67. The van der Waals surface area contributed by atoms with Gasteiger partial charge >= 0.3 is 19.5 Å². The van der Waals surface area contributed by atoms with E-state index in [1.807, 2.05) is 24.5 Å². The minimum Gasteiger partial charge on any atom is -0.484 e. The fourth-order valence-electron chi connectivity index (χ4n) is 0.771.